The van der Waals surface area contributed by atoms with Gasteiger partial charge in [-0.1, -0.05) is 0 Å². The Morgan fingerprint density at radius 2 is 2.23 bits per heavy atom. The zero-order valence-electron chi connectivity index (χ0n) is 6.44. The van der Waals surface area contributed by atoms with Crippen LogP contribution in [0.1, 0.15) is 0 Å². The van der Waals surface area contributed by atoms with Gasteiger partial charge in [-0.15, -0.1) is 0 Å². The zero-order valence-corrected chi connectivity index (χ0v) is 6.44. The molecule has 0 fully saturated rings. The maximum atomic E-state index is 13.0. The lowest BCUT2D eigenvalue weighted by Gasteiger charge is -1.99. The van der Waals surface area contributed by atoms with Crippen LogP contribution in [0.2, 0.25) is 0 Å². The smallest absolute Gasteiger partial charge is 0.293 e. The van der Waals surface area contributed by atoms with Crippen molar-refractivity contribution < 1.29 is 9.60 Å². The van der Waals surface area contributed by atoms with E-state index in [9.17, 15) is 9.18 Å². The van der Waals surface area contributed by atoms with Crippen LogP contribution in [0.4, 0.5) is 4.39 Å². The van der Waals surface area contributed by atoms with Crippen LogP contribution in [0.5, 0.6) is 0 Å². The Balaban J connectivity index is 3.06. The topological polar surface area (TPSA) is 55.1 Å². The molecule has 1 N–H and O–H groups in total. The van der Waals surface area contributed by atoms with Crippen LogP contribution in [0, 0.1) is 5.82 Å². The first-order valence-electron chi connectivity index (χ1n) is 3.54. The minimum Gasteiger partial charge on any atom is -0.425 e. The first kappa shape index (κ1) is 7.72. The third kappa shape index (κ3) is 1.05. The molecule has 13 heavy (non-hydrogen) atoms. The van der Waals surface area contributed by atoms with Crippen molar-refractivity contribution in [2.75, 3.05) is 0 Å². The Labute approximate surface area is 71.8 Å². The molecule has 2 aromatic rings. The number of hydrogen-bond acceptors (Lipinski definition) is 3. The summed E-state index contributed by atoms with van der Waals surface area (Å²) < 4.78 is 13.4. The molecule has 0 unspecified atom stereocenters. The van der Waals surface area contributed by atoms with Crippen molar-refractivity contribution >= 4 is 10.8 Å². The van der Waals surface area contributed by atoms with Crippen molar-refractivity contribution in [2.24, 2.45) is 0 Å². The highest BCUT2D eigenvalue weighted by molar-refractivity contribution is 5.80. The Kier molecular flexibility index (Phi) is 1.51. The van der Waals surface area contributed by atoms with Crippen LogP contribution in [-0.4, -0.2) is 14.9 Å². The molecule has 0 amide bonds. The number of nitrogens with zero attached hydrogens (tertiary/aromatic N) is 2. The van der Waals surface area contributed by atoms with E-state index in [1.807, 2.05) is 0 Å². The summed E-state index contributed by atoms with van der Waals surface area (Å²) in [5.41, 5.74) is -0.780. The normalized spacial score (nSPS) is 10.5. The molecule has 5 heteroatoms. The molecule has 0 spiro atoms. The van der Waals surface area contributed by atoms with Gasteiger partial charge < -0.3 is 5.21 Å². The maximum Gasteiger partial charge on any atom is 0.293 e. The van der Waals surface area contributed by atoms with E-state index < -0.39 is 11.4 Å². The minimum atomic E-state index is -0.780. The second-order valence-electron chi connectivity index (χ2n) is 2.55. The van der Waals surface area contributed by atoms with Gasteiger partial charge in [0.1, 0.15) is 0 Å². The average Bonchev–Trinajstić information content (AvgIpc) is 2.12. The summed E-state index contributed by atoms with van der Waals surface area (Å²) in [6, 6.07) is 1.41. The van der Waals surface area contributed by atoms with Gasteiger partial charge in [0.25, 0.3) is 5.56 Å². The van der Waals surface area contributed by atoms with Crippen LogP contribution in [0.25, 0.3) is 10.8 Å². The summed E-state index contributed by atoms with van der Waals surface area (Å²) in [4.78, 5) is 14.8. The van der Waals surface area contributed by atoms with Crippen LogP contribution in [-0.2, 0) is 0 Å². The molecule has 0 aliphatic carbocycles. The molecule has 0 aromatic carbocycles. The monoisotopic (exact) mass is 180 g/mol. The molecule has 2 heterocycles. The van der Waals surface area contributed by atoms with Crippen LogP contribution >= 0.6 is 0 Å². The van der Waals surface area contributed by atoms with Crippen LogP contribution in [0.15, 0.2) is 29.5 Å². The van der Waals surface area contributed by atoms with Crippen molar-refractivity contribution in [1.82, 2.24) is 9.71 Å². The van der Waals surface area contributed by atoms with E-state index in [0.29, 0.717) is 10.1 Å². The quantitative estimate of drug-likeness (QED) is 0.609. The van der Waals surface area contributed by atoms with Crippen molar-refractivity contribution in [3.8, 4) is 0 Å². The Bertz CT molecular complexity index is 521. The molecule has 0 saturated carbocycles. The maximum absolute atomic E-state index is 13.0. The molecular formula is C8H5FN2O2. The van der Waals surface area contributed by atoms with Gasteiger partial charge in [-0.05, 0) is 6.07 Å². The van der Waals surface area contributed by atoms with Gasteiger partial charge in [-0.2, -0.15) is 4.73 Å². The zero-order chi connectivity index (χ0) is 9.42. The molecular weight excluding hydrogens is 175 g/mol. The summed E-state index contributed by atoms with van der Waals surface area (Å²) in [5, 5.41) is 9.18. The van der Waals surface area contributed by atoms with Gasteiger partial charge >= 0.3 is 0 Å². The molecule has 2 rings (SSSR count). The average molecular weight is 180 g/mol. The largest absolute Gasteiger partial charge is 0.425 e. The van der Waals surface area contributed by atoms with Crippen molar-refractivity contribution in [3.63, 3.8) is 0 Å². The lowest BCUT2D eigenvalue weighted by atomic mass is 10.2. The molecule has 0 saturated heterocycles. The number of aromatic nitrogens is 2. The van der Waals surface area contributed by atoms with E-state index in [0.717, 1.165) is 12.4 Å². The third-order valence-electron chi connectivity index (χ3n) is 1.75. The van der Waals surface area contributed by atoms with E-state index >= 15 is 0 Å². The predicted molar refractivity (Wildman–Crippen MR) is 43.1 cm³/mol. The third-order valence-corrected chi connectivity index (χ3v) is 1.75. The van der Waals surface area contributed by atoms with Gasteiger partial charge in [-0.25, -0.2) is 4.39 Å². The lowest BCUT2D eigenvalue weighted by molar-refractivity contribution is 0.176. The fourth-order valence-electron chi connectivity index (χ4n) is 1.14. The second kappa shape index (κ2) is 2.55. The van der Waals surface area contributed by atoms with Crippen LogP contribution in [0.3, 0.4) is 0 Å². The van der Waals surface area contributed by atoms with Crippen molar-refractivity contribution in [1.29, 1.82) is 0 Å². The fourth-order valence-corrected chi connectivity index (χ4v) is 1.14. The van der Waals surface area contributed by atoms with E-state index in [1.54, 1.807) is 0 Å². The molecule has 0 aliphatic heterocycles. The first-order chi connectivity index (χ1) is 6.20. The van der Waals surface area contributed by atoms with E-state index in [1.165, 1.54) is 12.3 Å². The lowest BCUT2D eigenvalue weighted by Crippen LogP contribution is -2.17. The van der Waals surface area contributed by atoms with Gasteiger partial charge in [-0.3, -0.25) is 9.78 Å². The molecule has 0 bridgehead atoms. The van der Waals surface area contributed by atoms with Gasteiger partial charge in [0.2, 0.25) is 0 Å². The number of hydrogen-bond donors (Lipinski definition) is 1. The second-order valence-corrected chi connectivity index (χ2v) is 2.55. The summed E-state index contributed by atoms with van der Waals surface area (Å²) in [6.07, 6.45) is 3.44. The van der Waals surface area contributed by atoms with Gasteiger partial charge in [0, 0.05) is 17.8 Å². The summed E-state index contributed by atoms with van der Waals surface area (Å²) in [5.74, 6) is -0.731. The summed E-state index contributed by atoms with van der Waals surface area (Å²) >= 11 is 0. The predicted octanol–water partition coefficient (Wildman–Crippen LogP) is 0.773. The van der Waals surface area contributed by atoms with Gasteiger partial charge in [0.15, 0.2) is 5.82 Å². The highest BCUT2D eigenvalue weighted by Gasteiger charge is 2.06. The number of rotatable bonds is 0. The van der Waals surface area contributed by atoms with E-state index in [4.69, 9.17) is 5.21 Å². The van der Waals surface area contributed by atoms with Gasteiger partial charge in [0.05, 0.1) is 11.6 Å². The molecule has 66 valence electrons. The summed E-state index contributed by atoms with van der Waals surface area (Å²) in [7, 11) is 0. The number of halogens is 1. The Morgan fingerprint density at radius 3 is 3.00 bits per heavy atom. The molecule has 0 atom stereocenters. The Hall–Kier alpha value is -1.91. The number of fused-ring (bicyclic) bond motifs is 1. The minimum absolute atomic E-state index is 0.153. The van der Waals surface area contributed by atoms with Crippen LogP contribution < -0.4 is 5.56 Å². The highest BCUT2D eigenvalue weighted by Crippen LogP contribution is 2.10. The fraction of sp³-hybridized carbons (Fsp3) is 0. The molecule has 4 nitrogen and oxygen atoms in total. The standard InChI is InChI=1S/C8H5FN2O2/c9-6-4-10-3-5-1-2-11(13)8(12)7(5)6/h1-4,13H. The SMILES string of the molecule is O=c1c2c(F)cncc2ccn1O. The van der Waals surface area contributed by atoms with E-state index in [-0.39, 0.29) is 5.39 Å². The molecule has 0 aliphatic rings. The van der Waals surface area contributed by atoms with Crippen molar-refractivity contribution in [3.05, 3.63) is 40.8 Å². The number of pyridine rings is 2. The molecule has 2 aromatic heterocycles. The van der Waals surface area contributed by atoms with Crippen molar-refractivity contribution in [2.45, 2.75) is 0 Å². The summed E-state index contributed by atoms with van der Waals surface area (Å²) in [6.45, 7) is 0. The first-order valence-corrected chi connectivity index (χ1v) is 3.54. The van der Waals surface area contributed by atoms with E-state index in [2.05, 4.69) is 4.98 Å². The Morgan fingerprint density at radius 1 is 1.46 bits per heavy atom. The highest BCUT2D eigenvalue weighted by atomic mass is 19.1. The molecule has 0 radical (unpaired) electrons.